The van der Waals surface area contributed by atoms with Gasteiger partial charge in [0.2, 0.25) is 5.91 Å². The van der Waals surface area contributed by atoms with Crippen molar-refractivity contribution in [1.82, 2.24) is 20.3 Å². The van der Waals surface area contributed by atoms with Crippen molar-refractivity contribution in [1.29, 1.82) is 0 Å². The first-order chi connectivity index (χ1) is 17.2. The van der Waals surface area contributed by atoms with E-state index < -0.39 is 0 Å². The Balaban J connectivity index is 1.34. The van der Waals surface area contributed by atoms with Gasteiger partial charge in [0.1, 0.15) is 0 Å². The minimum Gasteiger partial charge on any atom is -0.373 e. The number of nitrogens with one attached hydrogen (secondary N) is 1. The largest absolute Gasteiger partial charge is 0.373 e. The van der Waals surface area contributed by atoms with Crippen molar-refractivity contribution in [3.63, 3.8) is 0 Å². The van der Waals surface area contributed by atoms with E-state index in [2.05, 4.69) is 64.2 Å². The molecule has 4 aromatic rings. The maximum atomic E-state index is 13.5. The van der Waals surface area contributed by atoms with Gasteiger partial charge in [0, 0.05) is 12.5 Å². The molecule has 6 heteroatoms. The summed E-state index contributed by atoms with van der Waals surface area (Å²) in [6.45, 7) is 1.49. The van der Waals surface area contributed by atoms with E-state index in [1.165, 1.54) is 16.7 Å². The molecule has 0 saturated heterocycles. The molecule has 178 valence electrons. The lowest BCUT2D eigenvalue weighted by atomic mass is 9.93. The standard InChI is InChI=1S/C29H30N4O2/c34-29-26(17-23-11-13-25(14-12-23)24-9-5-2-6-10-24)15-16-33-28(19-30-32-33)21-35-20-27(31-29)18-22-7-3-1-4-8-22/h1-14,19,26-27H,15-18,20-21H2,(H,31,34)/t26-,27+/m0/s1. The summed E-state index contributed by atoms with van der Waals surface area (Å²) in [4.78, 5) is 13.5. The second kappa shape index (κ2) is 11.1. The third-order valence-electron chi connectivity index (χ3n) is 6.54. The van der Waals surface area contributed by atoms with Crippen LogP contribution in [-0.4, -0.2) is 33.5 Å². The van der Waals surface area contributed by atoms with Crippen LogP contribution in [0.15, 0.2) is 91.1 Å². The van der Waals surface area contributed by atoms with Gasteiger partial charge >= 0.3 is 0 Å². The van der Waals surface area contributed by atoms with Crippen LogP contribution in [-0.2, 0) is 35.5 Å². The summed E-state index contributed by atoms with van der Waals surface area (Å²) in [5.74, 6) is -0.115. The zero-order chi connectivity index (χ0) is 23.9. The molecule has 2 atom stereocenters. The van der Waals surface area contributed by atoms with Crippen LogP contribution < -0.4 is 5.32 Å². The number of carbonyl (C=O) groups excluding carboxylic acids is 1. The maximum absolute atomic E-state index is 13.5. The van der Waals surface area contributed by atoms with E-state index >= 15 is 0 Å². The van der Waals surface area contributed by atoms with Gasteiger partial charge in [-0.3, -0.25) is 4.79 Å². The van der Waals surface area contributed by atoms with Crippen molar-refractivity contribution in [2.75, 3.05) is 6.61 Å². The molecule has 1 aliphatic heterocycles. The van der Waals surface area contributed by atoms with Gasteiger partial charge in [0.25, 0.3) is 0 Å². The molecule has 35 heavy (non-hydrogen) atoms. The summed E-state index contributed by atoms with van der Waals surface area (Å²) >= 11 is 0. The Morgan fingerprint density at radius 1 is 0.857 bits per heavy atom. The number of ether oxygens (including phenoxy) is 1. The average molecular weight is 467 g/mol. The third-order valence-corrected chi connectivity index (χ3v) is 6.54. The van der Waals surface area contributed by atoms with Crippen molar-refractivity contribution >= 4 is 5.91 Å². The van der Waals surface area contributed by atoms with Gasteiger partial charge in [-0.05, 0) is 41.5 Å². The highest BCUT2D eigenvalue weighted by molar-refractivity contribution is 5.79. The first-order valence-corrected chi connectivity index (χ1v) is 12.2. The SMILES string of the molecule is O=C1N[C@H](Cc2ccccc2)COCc2cnnn2CC[C@H]1Cc1ccc(-c2ccccc2)cc1. The molecule has 0 aliphatic carbocycles. The molecule has 1 amide bonds. The fourth-order valence-corrected chi connectivity index (χ4v) is 4.61. The van der Waals surface area contributed by atoms with E-state index in [0.29, 0.717) is 32.6 Å². The number of amides is 1. The maximum Gasteiger partial charge on any atom is 0.223 e. The summed E-state index contributed by atoms with van der Waals surface area (Å²) in [7, 11) is 0. The van der Waals surface area contributed by atoms with Crippen LogP contribution in [0.25, 0.3) is 11.1 Å². The van der Waals surface area contributed by atoms with Gasteiger partial charge in [-0.1, -0.05) is 90.1 Å². The number of hydrogen-bond acceptors (Lipinski definition) is 4. The van der Waals surface area contributed by atoms with Gasteiger partial charge in [-0.25, -0.2) is 4.68 Å². The van der Waals surface area contributed by atoms with Crippen LogP contribution >= 0.6 is 0 Å². The second-order valence-corrected chi connectivity index (χ2v) is 9.11. The minimum absolute atomic E-state index is 0.0604. The Morgan fingerprint density at radius 2 is 1.54 bits per heavy atom. The van der Waals surface area contributed by atoms with E-state index in [9.17, 15) is 4.79 Å². The van der Waals surface area contributed by atoms with Gasteiger partial charge in [0.05, 0.1) is 31.1 Å². The number of hydrogen-bond donors (Lipinski definition) is 1. The molecule has 0 radical (unpaired) electrons. The number of aryl methyl sites for hydroxylation is 1. The molecule has 1 aliphatic rings. The van der Waals surface area contributed by atoms with Gasteiger partial charge in [0.15, 0.2) is 0 Å². The summed E-state index contributed by atoms with van der Waals surface area (Å²) in [6, 6.07) is 29.0. The average Bonchev–Trinajstić information content (AvgIpc) is 3.34. The van der Waals surface area contributed by atoms with Crippen LogP contribution in [0.2, 0.25) is 0 Å². The number of rotatable bonds is 5. The van der Waals surface area contributed by atoms with Crippen molar-refractivity contribution in [3.05, 3.63) is 108 Å². The number of carbonyl (C=O) groups is 1. The topological polar surface area (TPSA) is 69.0 Å². The molecular formula is C29H30N4O2. The summed E-state index contributed by atoms with van der Waals surface area (Å²) < 4.78 is 7.83. The fraction of sp³-hybridized carbons (Fsp3) is 0.276. The third kappa shape index (κ3) is 6.03. The molecule has 3 aromatic carbocycles. The van der Waals surface area contributed by atoms with Crippen molar-refractivity contribution in [2.45, 2.75) is 38.5 Å². The lowest BCUT2D eigenvalue weighted by Crippen LogP contribution is -2.43. The predicted molar refractivity (Wildman–Crippen MR) is 135 cm³/mol. The molecule has 0 spiro atoms. The molecule has 1 aromatic heterocycles. The Kier molecular flexibility index (Phi) is 7.29. The highest BCUT2D eigenvalue weighted by Gasteiger charge is 2.24. The molecule has 1 N–H and O–H groups in total. The van der Waals surface area contributed by atoms with E-state index in [1.807, 2.05) is 41.1 Å². The number of fused-ring (bicyclic) bond motifs is 1. The lowest BCUT2D eigenvalue weighted by molar-refractivity contribution is -0.126. The second-order valence-electron chi connectivity index (χ2n) is 9.11. The van der Waals surface area contributed by atoms with E-state index in [1.54, 1.807) is 6.20 Å². The molecule has 0 saturated carbocycles. The fourth-order valence-electron chi connectivity index (χ4n) is 4.61. The molecule has 0 fully saturated rings. The first-order valence-electron chi connectivity index (χ1n) is 12.2. The molecule has 0 bridgehead atoms. The van der Waals surface area contributed by atoms with Crippen molar-refractivity contribution in [3.8, 4) is 11.1 Å². The van der Waals surface area contributed by atoms with Crippen LogP contribution in [0.1, 0.15) is 23.2 Å². The van der Waals surface area contributed by atoms with Gasteiger partial charge in [-0.15, -0.1) is 5.10 Å². The van der Waals surface area contributed by atoms with E-state index in [-0.39, 0.29) is 17.9 Å². The first kappa shape index (κ1) is 23.0. The van der Waals surface area contributed by atoms with Crippen LogP contribution in [0.5, 0.6) is 0 Å². The van der Waals surface area contributed by atoms with Crippen LogP contribution in [0, 0.1) is 5.92 Å². The van der Waals surface area contributed by atoms with E-state index in [0.717, 1.165) is 17.7 Å². The quantitative estimate of drug-likeness (QED) is 0.472. The van der Waals surface area contributed by atoms with E-state index in [4.69, 9.17) is 4.74 Å². The highest BCUT2D eigenvalue weighted by Crippen LogP contribution is 2.22. The Hall–Kier alpha value is -3.77. The molecule has 5 rings (SSSR count). The predicted octanol–water partition coefficient (Wildman–Crippen LogP) is 4.45. The number of nitrogens with zero attached hydrogens (tertiary/aromatic N) is 3. The lowest BCUT2D eigenvalue weighted by Gasteiger charge is -2.22. The smallest absolute Gasteiger partial charge is 0.223 e. The highest BCUT2D eigenvalue weighted by atomic mass is 16.5. The Morgan fingerprint density at radius 3 is 2.31 bits per heavy atom. The minimum atomic E-state index is -0.175. The number of benzene rings is 3. The number of aromatic nitrogens is 3. The van der Waals surface area contributed by atoms with Crippen molar-refractivity contribution in [2.24, 2.45) is 5.92 Å². The van der Waals surface area contributed by atoms with Gasteiger partial charge in [-0.2, -0.15) is 0 Å². The van der Waals surface area contributed by atoms with Crippen LogP contribution in [0.3, 0.4) is 0 Å². The summed E-state index contributed by atoms with van der Waals surface area (Å²) in [5.41, 5.74) is 5.62. The Labute approximate surface area is 206 Å². The molecule has 0 unspecified atom stereocenters. The molecular weight excluding hydrogens is 436 g/mol. The molecule has 2 heterocycles. The van der Waals surface area contributed by atoms with Gasteiger partial charge < -0.3 is 10.1 Å². The zero-order valence-corrected chi connectivity index (χ0v) is 19.7. The zero-order valence-electron chi connectivity index (χ0n) is 19.7. The Bertz CT molecular complexity index is 1220. The summed E-state index contributed by atoms with van der Waals surface area (Å²) in [5, 5.41) is 11.6. The van der Waals surface area contributed by atoms with Crippen molar-refractivity contribution < 1.29 is 9.53 Å². The van der Waals surface area contributed by atoms with Crippen LogP contribution in [0.4, 0.5) is 0 Å². The molecule has 6 nitrogen and oxygen atoms in total. The monoisotopic (exact) mass is 466 g/mol. The summed E-state index contributed by atoms with van der Waals surface area (Å²) in [6.07, 6.45) is 3.82. The normalized spacial score (nSPS) is 18.8.